The van der Waals surface area contributed by atoms with Crippen molar-refractivity contribution in [2.45, 2.75) is 32.4 Å². The zero-order chi connectivity index (χ0) is 14.1. The Balaban J connectivity index is 2.84. The second-order valence-electron chi connectivity index (χ2n) is 4.71. The summed E-state index contributed by atoms with van der Waals surface area (Å²) in [6.07, 6.45) is -1.03. The Kier molecular flexibility index (Phi) is 3.86. The van der Waals surface area contributed by atoms with Gasteiger partial charge >= 0.3 is 22.3 Å². The highest BCUT2D eigenvalue weighted by Gasteiger charge is 2.44. The summed E-state index contributed by atoms with van der Waals surface area (Å²) in [5.41, 5.74) is -0.823. The van der Waals surface area contributed by atoms with E-state index >= 15 is 0 Å². The number of methoxy groups -OCH3 is 1. The highest BCUT2D eigenvalue weighted by Crippen LogP contribution is 2.17. The minimum Gasteiger partial charge on any atom is -0.468 e. The molecule has 104 valence electrons. The lowest BCUT2D eigenvalue weighted by Gasteiger charge is -2.22. The Morgan fingerprint density at radius 1 is 1.33 bits per heavy atom. The summed E-state index contributed by atoms with van der Waals surface area (Å²) in [4.78, 5) is 22.9. The van der Waals surface area contributed by atoms with Gasteiger partial charge in [-0.3, -0.25) is 4.79 Å². The number of nitrogens with one attached hydrogen (secondary N) is 1. The van der Waals surface area contributed by atoms with Crippen molar-refractivity contribution in [2.75, 3.05) is 13.7 Å². The molecule has 1 aliphatic rings. The molecule has 0 saturated carbocycles. The van der Waals surface area contributed by atoms with E-state index in [9.17, 15) is 18.0 Å². The van der Waals surface area contributed by atoms with Crippen LogP contribution in [0, 0.1) is 0 Å². The summed E-state index contributed by atoms with van der Waals surface area (Å²) in [6, 6.07) is -1.10. The SMILES string of the molecule is COC(=O)[C@@H]1CN(C(=O)OC(C)(C)C)S(=O)(=O)N1. The molecular weight excluding hydrogens is 264 g/mol. The molecule has 0 aliphatic carbocycles. The van der Waals surface area contributed by atoms with E-state index in [1.54, 1.807) is 20.8 Å². The topological polar surface area (TPSA) is 102 Å². The molecule has 1 amide bonds. The lowest BCUT2D eigenvalue weighted by atomic mass is 10.2. The lowest BCUT2D eigenvalue weighted by Crippen LogP contribution is -2.39. The van der Waals surface area contributed by atoms with Gasteiger partial charge in [0.05, 0.1) is 13.7 Å². The second-order valence-corrected chi connectivity index (χ2v) is 6.34. The first-order chi connectivity index (χ1) is 8.07. The number of nitrogens with zero attached hydrogens (tertiary/aromatic N) is 1. The summed E-state index contributed by atoms with van der Waals surface area (Å²) < 4.78 is 35.1. The van der Waals surface area contributed by atoms with Gasteiger partial charge in [-0.25, -0.2) is 4.79 Å². The molecule has 8 nitrogen and oxygen atoms in total. The lowest BCUT2D eigenvalue weighted by molar-refractivity contribution is -0.142. The highest BCUT2D eigenvalue weighted by atomic mass is 32.2. The van der Waals surface area contributed by atoms with Crippen LogP contribution in [0.15, 0.2) is 0 Å². The minimum atomic E-state index is -4.06. The summed E-state index contributed by atoms with van der Waals surface area (Å²) in [6.45, 7) is 4.49. The number of amides is 1. The minimum absolute atomic E-state index is 0.343. The molecule has 0 aromatic carbocycles. The van der Waals surface area contributed by atoms with Gasteiger partial charge in [0.1, 0.15) is 11.6 Å². The van der Waals surface area contributed by atoms with E-state index in [0.717, 1.165) is 7.11 Å². The largest absolute Gasteiger partial charge is 0.468 e. The van der Waals surface area contributed by atoms with Crippen LogP contribution >= 0.6 is 0 Å². The van der Waals surface area contributed by atoms with Crippen LogP contribution in [0.1, 0.15) is 20.8 Å². The Morgan fingerprint density at radius 3 is 2.33 bits per heavy atom. The zero-order valence-electron chi connectivity index (χ0n) is 10.6. The number of rotatable bonds is 1. The first-order valence-electron chi connectivity index (χ1n) is 5.17. The quantitative estimate of drug-likeness (QED) is 0.656. The summed E-state index contributed by atoms with van der Waals surface area (Å²) in [5.74, 6) is -0.760. The third-order valence-corrected chi connectivity index (χ3v) is 3.47. The summed E-state index contributed by atoms with van der Waals surface area (Å²) in [5, 5.41) is 0. The van der Waals surface area contributed by atoms with Crippen LogP contribution in [0.3, 0.4) is 0 Å². The fourth-order valence-corrected chi connectivity index (χ4v) is 2.53. The number of carbonyl (C=O) groups is 2. The Bertz CT molecular complexity index is 452. The first-order valence-corrected chi connectivity index (χ1v) is 6.61. The van der Waals surface area contributed by atoms with Gasteiger partial charge in [0, 0.05) is 0 Å². The van der Waals surface area contributed by atoms with E-state index in [1.165, 1.54) is 0 Å². The van der Waals surface area contributed by atoms with E-state index in [0.29, 0.717) is 4.31 Å². The monoisotopic (exact) mass is 280 g/mol. The molecule has 1 fully saturated rings. The molecule has 1 aliphatic heterocycles. The van der Waals surface area contributed by atoms with Crippen LogP contribution < -0.4 is 4.72 Å². The average Bonchev–Trinajstić information content (AvgIpc) is 2.50. The van der Waals surface area contributed by atoms with Gasteiger partial charge in [0.15, 0.2) is 0 Å². The maximum absolute atomic E-state index is 11.7. The molecule has 0 bridgehead atoms. The van der Waals surface area contributed by atoms with Crippen molar-refractivity contribution >= 4 is 22.3 Å². The van der Waals surface area contributed by atoms with Gasteiger partial charge in [-0.05, 0) is 20.8 Å². The molecule has 1 N–H and O–H groups in total. The molecular formula is C9H16N2O6S. The number of hydrogen-bond donors (Lipinski definition) is 1. The van der Waals surface area contributed by atoms with Crippen LogP contribution in [0.5, 0.6) is 0 Å². The summed E-state index contributed by atoms with van der Waals surface area (Å²) in [7, 11) is -2.92. The normalized spacial score (nSPS) is 22.7. The van der Waals surface area contributed by atoms with Gasteiger partial charge < -0.3 is 9.47 Å². The average molecular weight is 280 g/mol. The molecule has 9 heteroatoms. The molecule has 0 radical (unpaired) electrons. The van der Waals surface area contributed by atoms with Crippen LogP contribution in [0.25, 0.3) is 0 Å². The fourth-order valence-electron chi connectivity index (χ4n) is 1.30. The van der Waals surface area contributed by atoms with Crippen LogP contribution in [-0.2, 0) is 24.5 Å². The molecule has 18 heavy (non-hydrogen) atoms. The Hall–Kier alpha value is -1.35. The van der Waals surface area contributed by atoms with Crippen molar-refractivity contribution in [3.8, 4) is 0 Å². The van der Waals surface area contributed by atoms with Gasteiger partial charge in [-0.15, -0.1) is 0 Å². The number of ether oxygens (including phenoxy) is 2. The Labute approximate surface area is 105 Å². The van der Waals surface area contributed by atoms with Crippen LogP contribution in [0.2, 0.25) is 0 Å². The first kappa shape index (κ1) is 14.7. The van der Waals surface area contributed by atoms with Crippen LogP contribution in [0.4, 0.5) is 4.79 Å². The number of esters is 1. The molecule has 0 unspecified atom stereocenters. The van der Waals surface area contributed by atoms with Crippen molar-refractivity contribution in [1.82, 2.24) is 9.03 Å². The molecule has 1 saturated heterocycles. The molecule has 0 spiro atoms. The molecule has 1 heterocycles. The van der Waals surface area contributed by atoms with E-state index in [1.807, 2.05) is 4.72 Å². The predicted octanol–water partition coefficient (Wildman–Crippen LogP) is -0.387. The van der Waals surface area contributed by atoms with E-state index in [-0.39, 0.29) is 6.54 Å². The molecule has 1 rings (SSSR count). The Morgan fingerprint density at radius 2 is 1.89 bits per heavy atom. The van der Waals surface area contributed by atoms with E-state index in [4.69, 9.17) is 4.74 Å². The van der Waals surface area contributed by atoms with Crippen molar-refractivity contribution in [3.63, 3.8) is 0 Å². The number of carbonyl (C=O) groups excluding carboxylic acids is 2. The van der Waals surface area contributed by atoms with Gasteiger partial charge in [0.2, 0.25) is 0 Å². The van der Waals surface area contributed by atoms with Crippen molar-refractivity contribution < 1.29 is 27.5 Å². The van der Waals surface area contributed by atoms with Crippen molar-refractivity contribution in [2.24, 2.45) is 0 Å². The summed E-state index contributed by atoms with van der Waals surface area (Å²) >= 11 is 0. The molecule has 0 aromatic rings. The zero-order valence-corrected chi connectivity index (χ0v) is 11.4. The fraction of sp³-hybridized carbons (Fsp3) is 0.778. The van der Waals surface area contributed by atoms with Crippen molar-refractivity contribution in [3.05, 3.63) is 0 Å². The van der Waals surface area contributed by atoms with Crippen molar-refractivity contribution in [1.29, 1.82) is 0 Å². The standard InChI is InChI=1S/C9H16N2O6S/c1-9(2,3)17-8(13)11-5-6(7(12)16-4)10-18(11,14)15/h6,10H,5H2,1-4H3/t6-/m0/s1. The second kappa shape index (κ2) is 4.73. The predicted molar refractivity (Wildman–Crippen MR) is 60.8 cm³/mol. The highest BCUT2D eigenvalue weighted by molar-refractivity contribution is 7.88. The maximum atomic E-state index is 11.7. The molecule has 1 atom stereocenters. The van der Waals surface area contributed by atoms with E-state index in [2.05, 4.69) is 4.74 Å². The van der Waals surface area contributed by atoms with E-state index < -0.39 is 33.9 Å². The van der Waals surface area contributed by atoms with Gasteiger partial charge in [-0.2, -0.15) is 17.4 Å². The maximum Gasteiger partial charge on any atom is 0.425 e. The third-order valence-electron chi connectivity index (χ3n) is 2.01. The molecule has 0 aromatic heterocycles. The third kappa shape index (κ3) is 3.33. The van der Waals surface area contributed by atoms with Crippen LogP contribution in [-0.4, -0.2) is 50.1 Å². The smallest absolute Gasteiger partial charge is 0.425 e. The van der Waals surface area contributed by atoms with Gasteiger partial charge in [-0.1, -0.05) is 0 Å². The number of hydrogen-bond acceptors (Lipinski definition) is 6. The van der Waals surface area contributed by atoms with Gasteiger partial charge in [0.25, 0.3) is 0 Å².